The molecule has 0 aliphatic carbocycles. The summed E-state index contributed by atoms with van der Waals surface area (Å²) in [7, 11) is 3.59. The molecule has 0 bridgehead atoms. The number of nitrogens with one attached hydrogen (secondary N) is 1. The molecule has 6 rings (SSSR count). The lowest BCUT2D eigenvalue weighted by molar-refractivity contribution is -0.142. The highest BCUT2D eigenvalue weighted by atomic mass is 19.4. The Morgan fingerprint density at radius 2 is 1.44 bits per heavy atom. The van der Waals surface area contributed by atoms with E-state index in [-0.39, 0.29) is 12.1 Å². The van der Waals surface area contributed by atoms with Crippen LogP contribution in [0.15, 0.2) is 104 Å². The Hall–Kier alpha value is -5.50. The van der Waals surface area contributed by atoms with Crippen LogP contribution < -0.4 is 19.7 Å². The van der Waals surface area contributed by atoms with Crippen LogP contribution in [-0.4, -0.2) is 47.1 Å². The number of halogens is 6. The summed E-state index contributed by atoms with van der Waals surface area (Å²) in [5, 5.41) is 5.24. The number of ether oxygens (including phenoxy) is 2. The zero-order valence-electron chi connectivity index (χ0n) is 28.1. The van der Waals surface area contributed by atoms with Crippen LogP contribution in [0, 0.1) is 0 Å². The van der Waals surface area contributed by atoms with Crippen molar-refractivity contribution >= 4 is 27.5 Å². The van der Waals surface area contributed by atoms with Gasteiger partial charge in [-0.15, -0.1) is 0 Å². The first-order valence-electron chi connectivity index (χ1n) is 16.4. The van der Waals surface area contributed by atoms with Gasteiger partial charge < -0.3 is 19.7 Å². The van der Waals surface area contributed by atoms with E-state index in [1.54, 1.807) is 43.7 Å². The van der Waals surface area contributed by atoms with E-state index in [1.807, 2.05) is 42.3 Å². The van der Waals surface area contributed by atoms with Crippen LogP contribution >= 0.6 is 0 Å². The van der Waals surface area contributed by atoms with Crippen LogP contribution in [0.3, 0.4) is 0 Å². The van der Waals surface area contributed by atoms with Crippen molar-refractivity contribution in [3.05, 3.63) is 126 Å². The molecule has 52 heavy (non-hydrogen) atoms. The molecule has 4 heterocycles. The minimum Gasteiger partial charge on any atom is -0.485 e. The smallest absolute Gasteiger partial charge is 0.433 e. The van der Waals surface area contributed by atoms with Gasteiger partial charge in [0.2, 0.25) is 0 Å². The molecule has 6 aromatic rings. The van der Waals surface area contributed by atoms with E-state index in [9.17, 15) is 26.3 Å². The lowest BCUT2D eigenvalue weighted by atomic mass is 10.1. The van der Waals surface area contributed by atoms with Crippen molar-refractivity contribution in [3.63, 3.8) is 0 Å². The number of benzene rings is 2. The number of anilines is 1. The third-order valence-corrected chi connectivity index (χ3v) is 8.47. The Balaban J connectivity index is 1.23. The zero-order chi connectivity index (χ0) is 36.9. The Bertz CT molecular complexity index is 2120. The number of hydrogen-bond acceptors (Lipinski definition) is 8. The summed E-state index contributed by atoms with van der Waals surface area (Å²) < 4.78 is 93.1. The predicted octanol–water partition coefficient (Wildman–Crippen LogP) is 8.99. The van der Waals surface area contributed by atoms with E-state index in [4.69, 9.17) is 9.47 Å². The first-order valence-corrected chi connectivity index (χ1v) is 16.4. The molecule has 0 amide bonds. The summed E-state index contributed by atoms with van der Waals surface area (Å²) in [5.41, 5.74) is -0.682. The van der Waals surface area contributed by atoms with Gasteiger partial charge in [0.05, 0.1) is 11.2 Å². The van der Waals surface area contributed by atoms with Gasteiger partial charge in [-0.2, -0.15) is 26.3 Å². The largest absolute Gasteiger partial charge is 0.485 e. The van der Waals surface area contributed by atoms with Gasteiger partial charge in [0, 0.05) is 61.4 Å². The average Bonchev–Trinajstić information content (AvgIpc) is 3.14. The Labute approximate surface area is 295 Å². The Morgan fingerprint density at radius 3 is 2.17 bits per heavy atom. The molecule has 0 saturated carbocycles. The number of aromatic nitrogens is 4. The van der Waals surface area contributed by atoms with Crippen LogP contribution in [0.1, 0.15) is 47.7 Å². The molecule has 0 aliphatic heterocycles. The highest BCUT2D eigenvalue weighted by Gasteiger charge is 2.34. The molecule has 2 atom stereocenters. The van der Waals surface area contributed by atoms with E-state index < -0.39 is 35.9 Å². The van der Waals surface area contributed by atoms with E-state index in [2.05, 4.69) is 25.3 Å². The zero-order valence-corrected chi connectivity index (χ0v) is 28.1. The quantitative estimate of drug-likeness (QED) is 0.118. The van der Waals surface area contributed by atoms with Gasteiger partial charge >= 0.3 is 12.4 Å². The number of pyridine rings is 4. The molecule has 270 valence electrons. The van der Waals surface area contributed by atoms with E-state index in [0.717, 1.165) is 17.5 Å². The maximum Gasteiger partial charge on any atom is 0.433 e. The van der Waals surface area contributed by atoms with Gasteiger partial charge in [-0.25, -0.2) is 9.97 Å². The van der Waals surface area contributed by atoms with Crippen molar-refractivity contribution in [2.45, 2.75) is 37.4 Å². The lowest BCUT2D eigenvalue weighted by Gasteiger charge is -2.25. The second-order valence-electron chi connectivity index (χ2n) is 12.1. The first kappa shape index (κ1) is 36.3. The summed E-state index contributed by atoms with van der Waals surface area (Å²) in [5.74, 6) is 1.55. The van der Waals surface area contributed by atoms with Gasteiger partial charge in [0.15, 0.2) is 0 Å². The predicted molar refractivity (Wildman–Crippen MR) is 185 cm³/mol. The number of alkyl halides is 6. The molecule has 0 spiro atoms. The minimum absolute atomic E-state index is 0.133. The van der Waals surface area contributed by atoms with Crippen LogP contribution in [-0.2, 0) is 12.4 Å². The summed E-state index contributed by atoms with van der Waals surface area (Å²) in [4.78, 5) is 18.4. The number of nitrogens with zero attached hydrogens (tertiary/aromatic N) is 5. The first-order chi connectivity index (χ1) is 24.9. The summed E-state index contributed by atoms with van der Waals surface area (Å²) >= 11 is 0. The topological polar surface area (TPSA) is 85.3 Å². The highest BCUT2D eigenvalue weighted by Crippen LogP contribution is 2.35. The fraction of sp³-hybridized carbons (Fsp3) is 0.263. The van der Waals surface area contributed by atoms with Crippen LogP contribution in [0.2, 0.25) is 0 Å². The number of rotatable bonds is 13. The molecule has 0 radical (unpaired) electrons. The van der Waals surface area contributed by atoms with Crippen molar-refractivity contribution in [1.29, 1.82) is 0 Å². The standard InChI is InChI=1S/C38H34F6N6O2/c1-45-19-16-30(25-14-15-34(47-22-25)37(39,40)41)51-32-11-3-7-24-21-36(48-23-27(24)32)50(2)20-17-33(29-10-5-13-35(49-29)38(42,43)44)52-31-12-4-9-28-26(31)8-6-18-46-28/h3-15,18,21-23,30,33,45H,16-17,19-20H2,1-2H3. The summed E-state index contributed by atoms with van der Waals surface area (Å²) in [6, 6.07) is 22.3. The third-order valence-electron chi connectivity index (χ3n) is 8.47. The van der Waals surface area contributed by atoms with E-state index in [0.29, 0.717) is 58.7 Å². The molecule has 8 nitrogen and oxygen atoms in total. The van der Waals surface area contributed by atoms with Gasteiger partial charge in [0.25, 0.3) is 0 Å². The summed E-state index contributed by atoms with van der Waals surface area (Å²) in [6.07, 6.45) is -5.39. The summed E-state index contributed by atoms with van der Waals surface area (Å²) in [6.45, 7) is 0.884. The van der Waals surface area contributed by atoms with Gasteiger partial charge in [-0.1, -0.05) is 30.3 Å². The van der Waals surface area contributed by atoms with Gasteiger partial charge in [-0.05, 0) is 73.6 Å². The molecule has 0 aliphatic rings. The fourth-order valence-electron chi connectivity index (χ4n) is 5.74. The molecule has 2 unspecified atom stereocenters. The van der Waals surface area contributed by atoms with Crippen molar-refractivity contribution < 1.29 is 35.8 Å². The molecular weight excluding hydrogens is 686 g/mol. The van der Waals surface area contributed by atoms with Gasteiger partial charge in [0.1, 0.15) is 40.9 Å². The highest BCUT2D eigenvalue weighted by molar-refractivity contribution is 5.89. The Morgan fingerprint density at radius 1 is 0.712 bits per heavy atom. The van der Waals surface area contributed by atoms with Crippen molar-refractivity contribution in [2.75, 3.05) is 32.1 Å². The SMILES string of the molecule is CNCCC(Oc1cccc2cc(N(C)CCC(Oc3cccc4ncccc34)c3cccc(C(F)(F)F)n3)ncc12)c1ccc(C(F)(F)F)nc1. The third kappa shape index (κ3) is 8.51. The fourth-order valence-corrected chi connectivity index (χ4v) is 5.74. The maximum atomic E-state index is 13.6. The van der Waals surface area contributed by atoms with Crippen molar-refractivity contribution in [2.24, 2.45) is 0 Å². The molecular formula is C38H34F6N6O2. The number of fused-ring (bicyclic) bond motifs is 2. The van der Waals surface area contributed by atoms with Gasteiger partial charge in [-0.3, -0.25) is 9.97 Å². The lowest BCUT2D eigenvalue weighted by Crippen LogP contribution is -2.24. The van der Waals surface area contributed by atoms with Crippen LogP contribution in [0.4, 0.5) is 32.2 Å². The second kappa shape index (κ2) is 15.4. The van der Waals surface area contributed by atoms with Crippen LogP contribution in [0.5, 0.6) is 11.5 Å². The molecule has 14 heteroatoms. The van der Waals surface area contributed by atoms with Crippen molar-refractivity contribution in [1.82, 2.24) is 25.3 Å². The van der Waals surface area contributed by atoms with E-state index >= 15 is 0 Å². The molecule has 1 N–H and O–H groups in total. The van der Waals surface area contributed by atoms with Crippen LogP contribution in [0.25, 0.3) is 21.7 Å². The maximum absolute atomic E-state index is 13.6. The second-order valence-corrected chi connectivity index (χ2v) is 12.1. The molecule has 2 aromatic carbocycles. The average molecular weight is 721 g/mol. The molecule has 4 aromatic heterocycles. The van der Waals surface area contributed by atoms with E-state index in [1.165, 1.54) is 24.4 Å². The normalized spacial score (nSPS) is 13.2. The molecule has 0 fully saturated rings. The minimum atomic E-state index is -4.63. The molecule has 0 saturated heterocycles. The monoisotopic (exact) mass is 720 g/mol. The van der Waals surface area contributed by atoms with Crippen molar-refractivity contribution in [3.8, 4) is 11.5 Å². The number of hydrogen-bond donors (Lipinski definition) is 1. The Kier molecular flexibility index (Phi) is 10.7.